The number of rotatable bonds is 4. The normalized spacial score (nSPS) is 10.5. The van der Waals surface area contributed by atoms with Gasteiger partial charge in [-0.15, -0.1) is 0 Å². The fraction of sp³-hybridized carbons (Fsp3) is 0.133. The molecule has 0 amide bonds. The second-order valence-electron chi connectivity index (χ2n) is 4.71. The largest absolute Gasteiger partial charge is 0.378 e. The molecule has 0 saturated carbocycles. The fourth-order valence-electron chi connectivity index (χ4n) is 2.09. The Balaban J connectivity index is 1.79. The highest BCUT2D eigenvalue weighted by atomic mass is 16.1. The molecule has 3 rings (SSSR count). The Morgan fingerprint density at radius 2 is 1.95 bits per heavy atom. The van der Waals surface area contributed by atoms with E-state index in [0.29, 0.717) is 6.54 Å². The Bertz CT molecular complexity index is 791. The second kappa shape index (κ2) is 5.62. The minimum atomic E-state index is -0.0352. The Kier molecular flexibility index (Phi) is 3.51. The lowest BCUT2D eigenvalue weighted by Crippen LogP contribution is -2.15. The first-order chi connectivity index (χ1) is 10.2. The van der Waals surface area contributed by atoms with Gasteiger partial charge in [0.1, 0.15) is 11.4 Å². The van der Waals surface area contributed by atoms with Gasteiger partial charge in [-0.3, -0.25) is 4.79 Å². The monoisotopic (exact) mass is 281 g/mol. The van der Waals surface area contributed by atoms with E-state index in [0.717, 1.165) is 22.6 Å². The van der Waals surface area contributed by atoms with Crippen LogP contribution in [0.15, 0.2) is 53.5 Å². The van der Waals surface area contributed by atoms with Gasteiger partial charge in [-0.2, -0.15) is 15.4 Å². The third-order valence-corrected chi connectivity index (χ3v) is 3.21. The van der Waals surface area contributed by atoms with Crippen LogP contribution in [0.1, 0.15) is 5.69 Å². The zero-order chi connectivity index (χ0) is 14.7. The lowest BCUT2D eigenvalue weighted by atomic mass is 10.1. The van der Waals surface area contributed by atoms with Gasteiger partial charge in [0.25, 0.3) is 0 Å². The van der Waals surface area contributed by atoms with Gasteiger partial charge < -0.3 is 9.88 Å². The van der Waals surface area contributed by atoms with Crippen molar-refractivity contribution in [2.24, 2.45) is 7.05 Å². The number of H-pyrrole nitrogens is 1. The SMILES string of the molecule is Cn1cc(NCc2n[nH]nc2-c2ccccc2)ccc1=O. The summed E-state index contributed by atoms with van der Waals surface area (Å²) in [6.07, 6.45) is 1.75. The maximum absolute atomic E-state index is 11.4. The number of benzene rings is 1. The van der Waals surface area contributed by atoms with Crippen LogP contribution in [-0.4, -0.2) is 20.0 Å². The molecule has 0 aliphatic heterocycles. The van der Waals surface area contributed by atoms with Crippen LogP contribution in [0.3, 0.4) is 0 Å². The van der Waals surface area contributed by atoms with Crippen LogP contribution in [0.5, 0.6) is 0 Å². The van der Waals surface area contributed by atoms with Crippen LogP contribution in [0.2, 0.25) is 0 Å². The van der Waals surface area contributed by atoms with Crippen molar-refractivity contribution in [3.05, 3.63) is 64.7 Å². The van der Waals surface area contributed by atoms with Crippen molar-refractivity contribution in [2.45, 2.75) is 6.54 Å². The van der Waals surface area contributed by atoms with E-state index >= 15 is 0 Å². The molecule has 0 aliphatic rings. The van der Waals surface area contributed by atoms with Crippen LogP contribution >= 0.6 is 0 Å². The smallest absolute Gasteiger partial charge is 0.250 e. The Labute approximate surface area is 121 Å². The van der Waals surface area contributed by atoms with E-state index in [1.807, 2.05) is 30.3 Å². The molecule has 1 aromatic carbocycles. The maximum atomic E-state index is 11.4. The van der Waals surface area contributed by atoms with E-state index in [2.05, 4.69) is 20.7 Å². The molecule has 2 heterocycles. The van der Waals surface area contributed by atoms with Gasteiger partial charge in [-0.05, 0) is 6.07 Å². The molecule has 2 N–H and O–H groups in total. The molecule has 0 saturated heterocycles. The van der Waals surface area contributed by atoms with Crippen LogP contribution in [0, 0.1) is 0 Å². The van der Waals surface area contributed by atoms with Crippen molar-refractivity contribution in [3.8, 4) is 11.3 Å². The molecule has 6 heteroatoms. The van der Waals surface area contributed by atoms with Crippen molar-refractivity contribution in [3.63, 3.8) is 0 Å². The first-order valence-electron chi connectivity index (χ1n) is 6.59. The minimum absolute atomic E-state index is 0.0352. The van der Waals surface area contributed by atoms with E-state index < -0.39 is 0 Å². The standard InChI is InChI=1S/C15H15N5O/c1-20-10-12(7-8-14(20)21)16-9-13-15(18-19-17-13)11-5-3-2-4-6-11/h2-8,10,16H,9H2,1H3,(H,17,18,19). The van der Waals surface area contributed by atoms with Crippen LogP contribution in [0.25, 0.3) is 11.3 Å². The summed E-state index contributed by atoms with van der Waals surface area (Å²) in [6.45, 7) is 0.527. The van der Waals surface area contributed by atoms with Crippen molar-refractivity contribution in [1.82, 2.24) is 20.0 Å². The van der Waals surface area contributed by atoms with E-state index in [1.54, 1.807) is 19.3 Å². The van der Waals surface area contributed by atoms with Gasteiger partial charge in [-0.1, -0.05) is 30.3 Å². The number of nitrogens with zero attached hydrogens (tertiary/aromatic N) is 3. The number of anilines is 1. The summed E-state index contributed by atoms with van der Waals surface area (Å²) in [5.41, 5.74) is 3.50. The highest BCUT2D eigenvalue weighted by Gasteiger charge is 2.09. The number of nitrogens with one attached hydrogen (secondary N) is 2. The molecular formula is C15H15N5O. The van der Waals surface area contributed by atoms with Crippen LogP contribution < -0.4 is 10.9 Å². The first kappa shape index (κ1) is 13.1. The predicted molar refractivity (Wildman–Crippen MR) is 80.8 cm³/mol. The molecule has 2 aromatic heterocycles. The predicted octanol–water partition coefficient (Wildman–Crippen LogP) is 1.78. The summed E-state index contributed by atoms with van der Waals surface area (Å²) in [6, 6.07) is 13.2. The molecular weight excluding hydrogens is 266 g/mol. The molecule has 0 radical (unpaired) electrons. The quantitative estimate of drug-likeness (QED) is 0.764. The number of aromatic amines is 1. The molecule has 0 bridgehead atoms. The van der Waals surface area contributed by atoms with Crippen molar-refractivity contribution < 1.29 is 0 Å². The minimum Gasteiger partial charge on any atom is -0.378 e. The highest BCUT2D eigenvalue weighted by Crippen LogP contribution is 2.19. The number of hydrogen-bond acceptors (Lipinski definition) is 4. The fourth-order valence-corrected chi connectivity index (χ4v) is 2.09. The zero-order valence-electron chi connectivity index (χ0n) is 11.6. The van der Waals surface area contributed by atoms with Gasteiger partial charge in [0, 0.05) is 24.9 Å². The van der Waals surface area contributed by atoms with E-state index in [-0.39, 0.29) is 5.56 Å². The van der Waals surface area contributed by atoms with Crippen molar-refractivity contribution in [1.29, 1.82) is 0 Å². The number of pyridine rings is 1. The third kappa shape index (κ3) is 2.84. The summed E-state index contributed by atoms with van der Waals surface area (Å²) in [5.74, 6) is 0. The van der Waals surface area contributed by atoms with Gasteiger partial charge in [-0.25, -0.2) is 0 Å². The summed E-state index contributed by atoms with van der Waals surface area (Å²) >= 11 is 0. The molecule has 6 nitrogen and oxygen atoms in total. The highest BCUT2D eigenvalue weighted by molar-refractivity contribution is 5.61. The molecule has 0 spiro atoms. The summed E-state index contributed by atoms with van der Waals surface area (Å²) in [4.78, 5) is 11.4. The summed E-state index contributed by atoms with van der Waals surface area (Å²) < 4.78 is 1.53. The van der Waals surface area contributed by atoms with Gasteiger partial charge in [0.2, 0.25) is 5.56 Å². The van der Waals surface area contributed by atoms with Gasteiger partial charge in [0.15, 0.2) is 0 Å². The molecule has 106 valence electrons. The number of aryl methyl sites for hydroxylation is 1. The van der Waals surface area contributed by atoms with Crippen LogP contribution in [-0.2, 0) is 13.6 Å². The topological polar surface area (TPSA) is 75.6 Å². The van der Waals surface area contributed by atoms with Gasteiger partial charge >= 0.3 is 0 Å². The van der Waals surface area contributed by atoms with Gasteiger partial charge in [0.05, 0.1) is 12.2 Å². The average Bonchev–Trinajstić information content (AvgIpc) is 2.98. The van der Waals surface area contributed by atoms with Crippen molar-refractivity contribution >= 4 is 5.69 Å². The van der Waals surface area contributed by atoms with E-state index in [9.17, 15) is 4.79 Å². The first-order valence-corrected chi connectivity index (χ1v) is 6.59. The zero-order valence-corrected chi connectivity index (χ0v) is 11.6. The molecule has 0 atom stereocenters. The second-order valence-corrected chi connectivity index (χ2v) is 4.71. The third-order valence-electron chi connectivity index (χ3n) is 3.21. The molecule has 0 aliphatic carbocycles. The average molecular weight is 281 g/mol. The lowest BCUT2D eigenvalue weighted by molar-refractivity contribution is 0.857. The number of hydrogen-bond donors (Lipinski definition) is 2. The molecule has 0 fully saturated rings. The molecule has 0 unspecified atom stereocenters. The Hall–Kier alpha value is -2.89. The Morgan fingerprint density at radius 3 is 2.71 bits per heavy atom. The Morgan fingerprint density at radius 1 is 1.14 bits per heavy atom. The molecule has 21 heavy (non-hydrogen) atoms. The van der Waals surface area contributed by atoms with Crippen molar-refractivity contribution in [2.75, 3.05) is 5.32 Å². The summed E-state index contributed by atoms with van der Waals surface area (Å²) in [5, 5.41) is 14.3. The number of aromatic nitrogens is 4. The van der Waals surface area contributed by atoms with Crippen LogP contribution in [0.4, 0.5) is 5.69 Å². The maximum Gasteiger partial charge on any atom is 0.250 e. The molecule has 3 aromatic rings. The summed E-state index contributed by atoms with van der Waals surface area (Å²) in [7, 11) is 1.72. The van der Waals surface area contributed by atoms with E-state index in [1.165, 1.54) is 10.6 Å². The van der Waals surface area contributed by atoms with E-state index in [4.69, 9.17) is 0 Å². The lowest BCUT2D eigenvalue weighted by Gasteiger charge is -2.07.